The predicted molar refractivity (Wildman–Crippen MR) is 95.4 cm³/mol. The fourth-order valence-corrected chi connectivity index (χ4v) is 2.57. The van der Waals surface area contributed by atoms with Gasteiger partial charge in [0, 0.05) is 11.9 Å². The maximum Gasteiger partial charge on any atom is 0.305 e. The lowest BCUT2D eigenvalue weighted by atomic mass is 10.1. The Morgan fingerprint density at radius 1 is 1.23 bits per heavy atom. The van der Waals surface area contributed by atoms with E-state index < -0.39 is 28.7 Å². The number of carboxylic acids is 1. The summed E-state index contributed by atoms with van der Waals surface area (Å²) in [6, 6.07) is 6.55. The first-order chi connectivity index (χ1) is 12.4. The molecule has 0 saturated carbocycles. The Balaban J connectivity index is 2.55. The molecule has 0 fully saturated rings. The molecule has 140 valence electrons. The van der Waals surface area contributed by atoms with Gasteiger partial charge in [0.25, 0.3) is 11.5 Å². The first-order valence-corrected chi connectivity index (χ1v) is 8.44. The molecule has 0 bridgehead atoms. The molecule has 1 heterocycles. The number of carbonyl (C=O) groups is 2. The number of aromatic nitrogens is 1. The predicted octanol–water partition coefficient (Wildman–Crippen LogP) is 1.53. The molecular weight excluding hydrogens is 340 g/mol. The lowest BCUT2D eigenvalue weighted by Gasteiger charge is -2.20. The summed E-state index contributed by atoms with van der Waals surface area (Å²) in [4.78, 5) is 41.5. The third kappa shape index (κ3) is 3.96. The average molecular weight is 362 g/mol. The number of rotatable bonds is 8. The summed E-state index contributed by atoms with van der Waals surface area (Å²) in [5.74, 6) is -2.38. The number of nitrogens with one attached hydrogen (secondary N) is 1. The molecule has 0 aliphatic rings. The van der Waals surface area contributed by atoms with Crippen LogP contribution in [-0.4, -0.2) is 39.5 Å². The van der Waals surface area contributed by atoms with Crippen LogP contribution in [0.5, 0.6) is 5.75 Å². The van der Waals surface area contributed by atoms with Crippen molar-refractivity contribution < 1.29 is 24.6 Å². The minimum Gasteiger partial charge on any atom is -0.506 e. The topological polar surface area (TPSA) is 118 Å². The maximum atomic E-state index is 12.8. The number of aliphatic carboxylic acids is 1. The van der Waals surface area contributed by atoms with Crippen molar-refractivity contribution in [3.8, 4) is 5.75 Å². The van der Waals surface area contributed by atoms with E-state index >= 15 is 0 Å². The van der Waals surface area contributed by atoms with Crippen LogP contribution in [0.1, 0.15) is 43.5 Å². The van der Waals surface area contributed by atoms with Gasteiger partial charge in [0.2, 0.25) is 0 Å². The molecule has 2 aromatic rings. The van der Waals surface area contributed by atoms with Crippen LogP contribution in [0.25, 0.3) is 10.9 Å². The molecule has 0 spiro atoms. The van der Waals surface area contributed by atoms with Crippen molar-refractivity contribution in [3.05, 3.63) is 40.2 Å². The standard InChI is InChI=1S/C18H22N2O6/c1-3-11(4-2)26-20-13-8-6-5-7-12(13)16(23)15(18(20)25)17(24)19-10-9-14(21)22/h5-8,11,23H,3-4,9-10H2,1-2H3,(H,19,24)(H,21,22). The molecule has 26 heavy (non-hydrogen) atoms. The number of nitrogens with zero attached hydrogens (tertiary/aromatic N) is 1. The van der Waals surface area contributed by atoms with Gasteiger partial charge in [-0.3, -0.25) is 14.4 Å². The third-order valence-electron chi connectivity index (χ3n) is 4.03. The molecule has 0 unspecified atom stereocenters. The number of aromatic hydroxyl groups is 1. The second-order valence-electron chi connectivity index (χ2n) is 5.78. The zero-order chi connectivity index (χ0) is 19.3. The second-order valence-corrected chi connectivity index (χ2v) is 5.78. The van der Waals surface area contributed by atoms with Gasteiger partial charge >= 0.3 is 5.97 Å². The van der Waals surface area contributed by atoms with E-state index in [-0.39, 0.29) is 19.1 Å². The largest absolute Gasteiger partial charge is 0.506 e. The zero-order valence-electron chi connectivity index (χ0n) is 14.7. The number of benzene rings is 1. The SMILES string of the molecule is CCC(CC)On1c(=O)c(C(=O)NCCC(=O)O)c(O)c2ccccc21. The highest BCUT2D eigenvalue weighted by molar-refractivity contribution is 6.02. The van der Waals surface area contributed by atoms with Gasteiger partial charge in [-0.2, -0.15) is 0 Å². The minimum absolute atomic E-state index is 0.159. The Hall–Kier alpha value is -3.03. The van der Waals surface area contributed by atoms with Crippen LogP contribution >= 0.6 is 0 Å². The lowest BCUT2D eigenvalue weighted by molar-refractivity contribution is -0.136. The summed E-state index contributed by atoms with van der Waals surface area (Å²) < 4.78 is 1.03. The van der Waals surface area contributed by atoms with E-state index in [1.807, 2.05) is 13.8 Å². The molecule has 1 aromatic carbocycles. The Morgan fingerprint density at radius 3 is 2.50 bits per heavy atom. The first kappa shape index (κ1) is 19.3. The van der Waals surface area contributed by atoms with Crippen molar-refractivity contribution in [3.63, 3.8) is 0 Å². The number of fused-ring (bicyclic) bond motifs is 1. The number of carbonyl (C=O) groups excluding carboxylic acids is 1. The van der Waals surface area contributed by atoms with Gasteiger partial charge in [-0.15, -0.1) is 4.73 Å². The summed E-state index contributed by atoms with van der Waals surface area (Å²) in [5, 5.41) is 21.7. The molecule has 8 nitrogen and oxygen atoms in total. The van der Waals surface area contributed by atoms with Crippen molar-refractivity contribution in [2.24, 2.45) is 0 Å². The van der Waals surface area contributed by atoms with Crippen molar-refractivity contribution in [2.45, 2.75) is 39.2 Å². The smallest absolute Gasteiger partial charge is 0.305 e. The van der Waals surface area contributed by atoms with Gasteiger partial charge in [-0.1, -0.05) is 26.0 Å². The van der Waals surface area contributed by atoms with Gasteiger partial charge in [-0.05, 0) is 25.0 Å². The van der Waals surface area contributed by atoms with Gasteiger partial charge in [0.1, 0.15) is 17.4 Å². The zero-order valence-corrected chi connectivity index (χ0v) is 14.7. The van der Waals surface area contributed by atoms with E-state index in [2.05, 4.69) is 5.32 Å². The van der Waals surface area contributed by atoms with E-state index in [1.54, 1.807) is 24.3 Å². The summed E-state index contributed by atoms with van der Waals surface area (Å²) in [7, 11) is 0. The molecule has 0 aliphatic carbocycles. The Bertz CT molecular complexity index is 870. The molecule has 0 atom stereocenters. The summed E-state index contributed by atoms with van der Waals surface area (Å²) in [6.07, 6.45) is 0.804. The maximum absolute atomic E-state index is 12.8. The van der Waals surface area contributed by atoms with Crippen LogP contribution in [0.15, 0.2) is 29.1 Å². The molecule has 8 heteroatoms. The van der Waals surface area contributed by atoms with Crippen molar-refractivity contribution in [1.29, 1.82) is 0 Å². The summed E-state index contributed by atoms with van der Waals surface area (Å²) in [5.41, 5.74) is -0.912. The molecule has 1 amide bonds. The van der Waals surface area contributed by atoms with Crippen LogP contribution < -0.4 is 15.7 Å². The van der Waals surface area contributed by atoms with Crippen LogP contribution in [0.3, 0.4) is 0 Å². The highest BCUT2D eigenvalue weighted by atomic mass is 16.7. The summed E-state index contributed by atoms with van der Waals surface area (Å²) >= 11 is 0. The fraction of sp³-hybridized carbons (Fsp3) is 0.389. The molecule has 0 radical (unpaired) electrons. The van der Waals surface area contributed by atoms with Gasteiger partial charge in [0.15, 0.2) is 0 Å². The van der Waals surface area contributed by atoms with Gasteiger partial charge in [0.05, 0.1) is 11.9 Å². The number of hydrogen-bond acceptors (Lipinski definition) is 5. The van der Waals surface area contributed by atoms with Gasteiger partial charge < -0.3 is 20.4 Å². The molecule has 3 N–H and O–H groups in total. The monoisotopic (exact) mass is 362 g/mol. The van der Waals surface area contributed by atoms with Crippen molar-refractivity contribution >= 4 is 22.8 Å². The molecule has 0 aliphatic heterocycles. The summed E-state index contributed by atoms with van der Waals surface area (Å²) in [6.45, 7) is 3.68. The number of para-hydroxylation sites is 1. The molecule has 2 rings (SSSR count). The quantitative estimate of drug-likeness (QED) is 0.655. The Labute approximate surface area is 150 Å². The van der Waals surface area contributed by atoms with Crippen LogP contribution in [0, 0.1) is 0 Å². The van der Waals surface area contributed by atoms with Gasteiger partial charge in [-0.25, -0.2) is 0 Å². The highest BCUT2D eigenvalue weighted by Crippen LogP contribution is 2.26. The average Bonchev–Trinajstić information content (AvgIpc) is 2.62. The minimum atomic E-state index is -1.08. The fourth-order valence-electron chi connectivity index (χ4n) is 2.57. The lowest BCUT2D eigenvalue weighted by Crippen LogP contribution is -2.39. The normalized spacial score (nSPS) is 10.9. The van der Waals surface area contributed by atoms with E-state index in [9.17, 15) is 19.5 Å². The third-order valence-corrected chi connectivity index (χ3v) is 4.03. The van der Waals surface area contributed by atoms with E-state index in [1.165, 1.54) is 0 Å². The Kier molecular flexibility index (Phi) is 6.21. The van der Waals surface area contributed by atoms with Crippen molar-refractivity contribution in [1.82, 2.24) is 10.0 Å². The number of carboxylic acid groups (broad SMARTS) is 1. The number of hydrogen-bond donors (Lipinski definition) is 3. The van der Waals surface area contributed by atoms with Crippen LogP contribution in [0.2, 0.25) is 0 Å². The van der Waals surface area contributed by atoms with Crippen LogP contribution in [0.4, 0.5) is 0 Å². The molecular formula is C18H22N2O6. The molecule has 1 aromatic heterocycles. The second kappa shape index (κ2) is 8.37. The Morgan fingerprint density at radius 2 is 1.88 bits per heavy atom. The van der Waals surface area contributed by atoms with Crippen LogP contribution in [-0.2, 0) is 4.79 Å². The van der Waals surface area contributed by atoms with E-state index in [0.717, 1.165) is 4.73 Å². The number of pyridine rings is 1. The van der Waals surface area contributed by atoms with Crippen molar-refractivity contribution in [2.75, 3.05) is 6.54 Å². The number of amides is 1. The first-order valence-electron chi connectivity index (χ1n) is 8.44. The van der Waals surface area contributed by atoms with E-state index in [4.69, 9.17) is 9.94 Å². The molecule has 0 saturated heterocycles. The highest BCUT2D eigenvalue weighted by Gasteiger charge is 2.23. The van der Waals surface area contributed by atoms with E-state index in [0.29, 0.717) is 23.7 Å².